The zero-order valence-electron chi connectivity index (χ0n) is 8.61. The molecule has 0 radical (unpaired) electrons. The highest BCUT2D eigenvalue weighted by atomic mass is 35.5. The van der Waals surface area contributed by atoms with E-state index in [0.29, 0.717) is 10.7 Å². The van der Waals surface area contributed by atoms with Gasteiger partial charge in [-0.15, -0.1) is 0 Å². The number of halogens is 1. The van der Waals surface area contributed by atoms with Crippen molar-refractivity contribution in [3.63, 3.8) is 0 Å². The monoisotopic (exact) mass is 271 g/mol. The fourth-order valence-corrected chi connectivity index (χ4v) is 2.87. The molecule has 6 heteroatoms. The van der Waals surface area contributed by atoms with Gasteiger partial charge in [0.15, 0.2) is 4.34 Å². The smallest absolute Gasteiger partial charge is 0.170 e. The lowest BCUT2D eigenvalue weighted by Crippen LogP contribution is -1.88. The van der Waals surface area contributed by atoms with Crippen molar-refractivity contribution in [2.24, 2.45) is 0 Å². The van der Waals surface area contributed by atoms with Crippen molar-refractivity contribution in [2.45, 2.75) is 17.0 Å². The minimum absolute atomic E-state index is 0.598. The molecule has 1 aromatic heterocycles. The van der Waals surface area contributed by atoms with Gasteiger partial charge in [0.05, 0.1) is 10.7 Å². The normalized spacial score (nSPS) is 10.6. The van der Waals surface area contributed by atoms with E-state index < -0.39 is 0 Å². The van der Waals surface area contributed by atoms with Crippen molar-refractivity contribution < 1.29 is 0 Å². The molecule has 0 aliphatic rings. The topological polar surface area (TPSA) is 51.8 Å². The minimum atomic E-state index is 0.598. The van der Waals surface area contributed by atoms with E-state index in [0.717, 1.165) is 21.5 Å². The van der Waals surface area contributed by atoms with Crippen LogP contribution in [0.3, 0.4) is 0 Å². The predicted octanol–water partition coefficient (Wildman–Crippen LogP) is 3.37. The SMILES string of the molecule is Cc1nsc(SCc2ccc(Cl)c(N)c2)n1. The summed E-state index contributed by atoms with van der Waals surface area (Å²) in [5.41, 5.74) is 7.48. The first-order chi connectivity index (χ1) is 7.65. The Hall–Kier alpha value is -0.780. The van der Waals surface area contributed by atoms with Crippen molar-refractivity contribution in [3.8, 4) is 0 Å². The first-order valence-electron chi connectivity index (χ1n) is 4.62. The van der Waals surface area contributed by atoms with Gasteiger partial charge in [-0.3, -0.25) is 0 Å². The summed E-state index contributed by atoms with van der Waals surface area (Å²) in [5.74, 6) is 1.65. The Morgan fingerprint density at radius 1 is 1.50 bits per heavy atom. The number of anilines is 1. The number of thioether (sulfide) groups is 1. The molecule has 0 atom stereocenters. The molecule has 1 heterocycles. The average molecular weight is 272 g/mol. The summed E-state index contributed by atoms with van der Waals surface area (Å²) in [6.45, 7) is 1.89. The van der Waals surface area contributed by atoms with Crippen molar-refractivity contribution >= 4 is 40.6 Å². The first-order valence-corrected chi connectivity index (χ1v) is 6.76. The van der Waals surface area contributed by atoms with Crippen LogP contribution in [0.5, 0.6) is 0 Å². The Morgan fingerprint density at radius 3 is 2.94 bits per heavy atom. The molecule has 1 aromatic carbocycles. The van der Waals surface area contributed by atoms with Crippen LogP contribution in [-0.2, 0) is 5.75 Å². The van der Waals surface area contributed by atoms with E-state index in [2.05, 4.69) is 9.36 Å². The highest BCUT2D eigenvalue weighted by Gasteiger charge is 2.03. The van der Waals surface area contributed by atoms with E-state index in [1.807, 2.05) is 25.1 Å². The van der Waals surface area contributed by atoms with Crippen LogP contribution >= 0.6 is 34.9 Å². The Labute approximate surface area is 107 Å². The molecule has 0 bridgehead atoms. The third-order valence-electron chi connectivity index (χ3n) is 1.93. The lowest BCUT2D eigenvalue weighted by atomic mass is 10.2. The van der Waals surface area contributed by atoms with Gasteiger partial charge in [0.2, 0.25) is 0 Å². The maximum atomic E-state index is 5.85. The van der Waals surface area contributed by atoms with Gasteiger partial charge in [-0.25, -0.2) is 4.98 Å². The van der Waals surface area contributed by atoms with Gasteiger partial charge in [-0.2, -0.15) is 4.37 Å². The fraction of sp³-hybridized carbons (Fsp3) is 0.200. The van der Waals surface area contributed by atoms with Crippen LogP contribution in [0.15, 0.2) is 22.5 Å². The van der Waals surface area contributed by atoms with Crippen molar-refractivity contribution in [1.29, 1.82) is 0 Å². The number of nitrogens with two attached hydrogens (primary N) is 1. The summed E-state index contributed by atoms with van der Waals surface area (Å²) < 4.78 is 5.10. The third kappa shape index (κ3) is 2.87. The maximum Gasteiger partial charge on any atom is 0.170 e. The fourth-order valence-electron chi connectivity index (χ4n) is 1.16. The summed E-state index contributed by atoms with van der Waals surface area (Å²) in [6, 6.07) is 5.68. The van der Waals surface area contributed by atoms with Gasteiger partial charge in [0.1, 0.15) is 5.82 Å². The van der Waals surface area contributed by atoms with Crippen LogP contribution < -0.4 is 5.73 Å². The second-order valence-electron chi connectivity index (χ2n) is 3.25. The summed E-state index contributed by atoms with van der Waals surface area (Å²) in [4.78, 5) is 4.28. The molecule has 0 aliphatic heterocycles. The van der Waals surface area contributed by atoms with Crippen LogP contribution in [0.4, 0.5) is 5.69 Å². The largest absolute Gasteiger partial charge is 0.398 e. The van der Waals surface area contributed by atoms with E-state index >= 15 is 0 Å². The molecule has 84 valence electrons. The van der Waals surface area contributed by atoms with E-state index in [1.165, 1.54) is 11.5 Å². The maximum absolute atomic E-state index is 5.85. The predicted molar refractivity (Wildman–Crippen MR) is 70.1 cm³/mol. The standard InChI is InChI=1S/C10H10ClN3S2/c1-6-13-10(16-14-6)15-5-7-2-3-8(11)9(12)4-7/h2-4H,5,12H2,1H3. The molecule has 16 heavy (non-hydrogen) atoms. The van der Waals surface area contributed by atoms with Crippen molar-refractivity contribution in [2.75, 3.05) is 5.73 Å². The lowest BCUT2D eigenvalue weighted by Gasteiger charge is -2.02. The summed E-state index contributed by atoms with van der Waals surface area (Å²) in [5, 5.41) is 0.598. The number of nitrogens with zero attached hydrogens (tertiary/aromatic N) is 2. The van der Waals surface area contributed by atoms with E-state index in [-0.39, 0.29) is 0 Å². The molecular weight excluding hydrogens is 262 g/mol. The summed E-state index contributed by atoms with van der Waals surface area (Å²) in [6.07, 6.45) is 0. The van der Waals surface area contributed by atoms with Crippen LogP contribution in [0.1, 0.15) is 11.4 Å². The number of nitrogen functional groups attached to an aromatic ring is 1. The summed E-state index contributed by atoms with van der Waals surface area (Å²) in [7, 11) is 0. The second-order valence-corrected chi connectivity index (χ2v) is 5.63. The zero-order valence-corrected chi connectivity index (χ0v) is 11.0. The number of rotatable bonds is 3. The van der Waals surface area contributed by atoms with Crippen LogP contribution in [-0.4, -0.2) is 9.36 Å². The van der Waals surface area contributed by atoms with Crippen LogP contribution in [0.2, 0.25) is 5.02 Å². The third-order valence-corrected chi connectivity index (χ3v) is 4.27. The quantitative estimate of drug-likeness (QED) is 0.687. The second kappa shape index (κ2) is 5.03. The number of benzene rings is 1. The number of aromatic nitrogens is 2. The molecule has 0 saturated heterocycles. The molecular formula is C10H10ClN3S2. The van der Waals surface area contributed by atoms with Crippen molar-refractivity contribution in [1.82, 2.24) is 9.36 Å². The molecule has 0 unspecified atom stereocenters. The molecule has 0 fully saturated rings. The molecule has 2 aromatic rings. The average Bonchev–Trinajstić information content (AvgIpc) is 2.66. The van der Waals surface area contributed by atoms with Gasteiger partial charge < -0.3 is 5.73 Å². The summed E-state index contributed by atoms with van der Waals surface area (Å²) >= 11 is 8.92. The Morgan fingerprint density at radius 2 is 2.31 bits per heavy atom. The Kier molecular flexibility index (Phi) is 3.68. The van der Waals surface area contributed by atoms with Crippen LogP contribution in [0.25, 0.3) is 0 Å². The van der Waals surface area contributed by atoms with Gasteiger partial charge in [-0.05, 0) is 36.2 Å². The Bertz CT molecular complexity index is 499. The zero-order chi connectivity index (χ0) is 11.5. The van der Waals surface area contributed by atoms with E-state index in [4.69, 9.17) is 17.3 Å². The molecule has 0 aliphatic carbocycles. The van der Waals surface area contributed by atoms with Gasteiger partial charge in [0, 0.05) is 5.75 Å². The molecule has 0 spiro atoms. The number of hydrogen-bond donors (Lipinski definition) is 1. The van der Waals surface area contributed by atoms with Gasteiger partial charge in [0.25, 0.3) is 0 Å². The molecule has 0 saturated carbocycles. The van der Waals surface area contributed by atoms with E-state index in [9.17, 15) is 0 Å². The van der Waals surface area contributed by atoms with E-state index in [1.54, 1.807) is 11.8 Å². The molecule has 3 nitrogen and oxygen atoms in total. The number of aryl methyl sites for hydroxylation is 1. The Balaban J connectivity index is 2.02. The molecule has 2 N–H and O–H groups in total. The minimum Gasteiger partial charge on any atom is -0.398 e. The number of hydrogen-bond acceptors (Lipinski definition) is 5. The highest BCUT2D eigenvalue weighted by Crippen LogP contribution is 2.27. The van der Waals surface area contributed by atoms with Crippen molar-refractivity contribution in [3.05, 3.63) is 34.6 Å². The highest BCUT2D eigenvalue weighted by molar-refractivity contribution is 8.00. The molecule has 0 amide bonds. The van der Waals surface area contributed by atoms with Gasteiger partial charge in [-0.1, -0.05) is 29.4 Å². The molecule has 2 rings (SSSR count). The van der Waals surface area contributed by atoms with Crippen LogP contribution in [0, 0.1) is 6.92 Å². The lowest BCUT2D eigenvalue weighted by molar-refractivity contribution is 1.10. The first kappa shape index (κ1) is 11.7. The van der Waals surface area contributed by atoms with Gasteiger partial charge >= 0.3 is 0 Å².